The van der Waals surface area contributed by atoms with Crippen molar-refractivity contribution in [3.05, 3.63) is 33.8 Å². The van der Waals surface area contributed by atoms with Crippen molar-refractivity contribution < 1.29 is 18.7 Å². The van der Waals surface area contributed by atoms with Gasteiger partial charge in [0.05, 0.1) is 9.89 Å². The molecule has 1 fully saturated rings. The summed E-state index contributed by atoms with van der Waals surface area (Å²) in [5.74, 6) is -2.05. The van der Waals surface area contributed by atoms with Gasteiger partial charge in [0, 0.05) is 18.7 Å². The number of carboxylic acid groups (broad SMARTS) is 1. The van der Waals surface area contributed by atoms with Gasteiger partial charge in [0.15, 0.2) is 0 Å². The fourth-order valence-electron chi connectivity index (χ4n) is 2.65. The lowest BCUT2D eigenvalue weighted by Crippen LogP contribution is -2.34. The summed E-state index contributed by atoms with van der Waals surface area (Å²) in [4.78, 5) is 13.2. The minimum absolute atomic E-state index is 0.0170. The Morgan fingerprint density at radius 3 is 2.75 bits per heavy atom. The van der Waals surface area contributed by atoms with E-state index in [-0.39, 0.29) is 16.6 Å². The molecule has 1 aromatic carbocycles. The van der Waals surface area contributed by atoms with E-state index in [9.17, 15) is 18.7 Å². The van der Waals surface area contributed by atoms with Gasteiger partial charge < -0.3 is 5.11 Å². The second-order valence-corrected chi connectivity index (χ2v) is 6.08. The van der Waals surface area contributed by atoms with Gasteiger partial charge in [0.25, 0.3) is 0 Å². The Labute approximate surface area is 124 Å². The average Bonchev–Trinajstić information content (AvgIpc) is 2.84. The van der Waals surface area contributed by atoms with Crippen molar-refractivity contribution in [2.45, 2.75) is 26.3 Å². The summed E-state index contributed by atoms with van der Waals surface area (Å²) >= 11 is 3.03. The van der Waals surface area contributed by atoms with Crippen LogP contribution in [0.1, 0.15) is 25.3 Å². The predicted molar refractivity (Wildman–Crippen MR) is 74.3 cm³/mol. The van der Waals surface area contributed by atoms with E-state index >= 15 is 0 Å². The number of nitrogens with zero attached hydrogens (tertiary/aromatic N) is 1. The molecule has 6 heteroatoms. The highest BCUT2D eigenvalue weighted by atomic mass is 79.9. The highest BCUT2D eigenvalue weighted by molar-refractivity contribution is 9.10. The predicted octanol–water partition coefficient (Wildman–Crippen LogP) is 3.41. The van der Waals surface area contributed by atoms with Gasteiger partial charge >= 0.3 is 5.97 Å². The zero-order valence-electron chi connectivity index (χ0n) is 11.1. The van der Waals surface area contributed by atoms with Crippen LogP contribution in [0.2, 0.25) is 0 Å². The Hall–Kier alpha value is -1.01. The number of rotatable bonds is 4. The van der Waals surface area contributed by atoms with Crippen molar-refractivity contribution in [3.8, 4) is 0 Å². The lowest BCUT2D eigenvalue weighted by Gasteiger charge is -2.23. The number of likely N-dealkylation sites (tertiary alicyclic amines) is 1. The van der Waals surface area contributed by atoms with Crippen LogP contribution in [0.3, 0.4) is 0 Å². The molecular weight excluding hydrogens is 332 g/mol. The van der Waals surface area contributed by atoms with Crippen molar-refractivity contribution in [1.82, 2.24) is 4.90 Å². The number of halogens is 3. The van der Waals surface area contributed by atoms with Crippen molar-refractivity contribution in [2.75, 3.05) is 13.1 Å². The maximum atomic E-state index is 13.9. The molecule has 0 aliphatic carbocycles. The van der Waals surface area contributed by atoms with Crippen LogP contribution in [0.4, 0.5) is 8.78 Å². The topological polar surface area (TPSA) is 40.5 Å². The molecular formula is C14H16BrF2NO2. The number of hydrogen-bond acceptors (Lipinski definition) is 2. The van der Waals surface area contributed by atoms with E-state index < -0.39 is 23.0 Å². The fourth-order valence-corrected chi connectivity index (χ4v) is 3.02. The van der Waals surface area contributed by atoms with Gasteiger partial charge in [-0.1, -0.05) is 6.92 Å². The van der Waals surface area contributed by atoms with Crippen molar-refractivity contribution in [3.63, 3.8) is 0 Å². The summed E-state index contributed by atoms with van der Waals surface area (Å²) in [6.07, 6.45) is 1.03. The van der Waals surface area contributed by atoms with E-state index in [2.05, 4.69) is 15.9 Å². The summed E-state index contributed by atoms with van der Waals surface area (Å²) in [6, 6.07) is 2.54. The number of carboxylic acids is 1. The van der Waals surface area contributed by atoms with Crippen LogP contribution in [0, 0.1) is 17.0 Å². The molecule has 0 radical (unpaired) electrons. The zero-order valence-corrected chi connectivity index (χ0v) is 12.7. The molecule has 1 saturated heterocycles. The average molecular weight is 348 g/mol. The van der Waals surface area contributed by atoms with Crippen LogP contribution in [-0.4, -0.2) is 29.1 Å². The highest BCUT2D eigenvalue weighted by Crippen LogP contribution is 2.35. The van der Waals surface area contributed by atoms with Crippen molar-refractivity contribution in [1.29, 1.82) is 0 Å². The molecule has 1 N–H and O–H groups in total. The minimum Gasteiger partial charge on any atom is -0.481 e. The van der Waals surface area contributed by atoms with Gasteiger partial charge in [-0.25, -0.2) is 8.78 Å². The Bertz CT molecular complexity index is 538. The van der Waals surface area contributed by atoms with Crippen LogP contribution < -0.4 is 0 Å². The van der Waals surface area contributed by atoms with Crippen LogP contribution >= 0.6 is 15.9 Å². The Balaban J connectivity index is 2.17. The second-order valence-electron chi connectivity index (χ2n) is 5.22. The molecule has 0 bridgehead atoms. The molecule has 0 spiro atoms. The van der Waals surface area contributed by atoms with Gasteiger partial charge in [-0.05, 0) is 47.4 Å². The molecule has 1 aromatic rings. The van der Waals surface area contributed by atoms with E-state index in [0.717, 1.165) is 0 Å². The summed E-state index contributed by atoms with van der Waals surface area (Å²) < 4.78 is 27.8. The van der Waals surface area contributed by atoms with E-state index in [1.807, 2.05) is 6.92 Å². The molecule has 1 heterocycles. The first-order valence-electron chi connectivity index (χ1n) is 6.48. The molecule has 1 atom stereocenters. The lowest BCUT2D eigenvalue weighted by molar-refractivity contribution is -0.148. The van der Waals surface area contributed by atoms with E-state index in [4.69, 9.17) is 0 Å². The molecule has 110 valence electrons. The third-order valence-electron chi connectivity index (χ3n) is 4.08. The summed E-state index contributed by atoms with van der Waals surface area (Å²) in [5, 5.41) is 9.32. The SMILES string of the molecule is CCC1(C(=O)O)CCN(Cc2c(F)ccc(Br)c2F)C1. The number of hydrogen-bond donors (Lipinski definition) is 1. The maximum Gasteiger partial charge on any atom is 0.310 e. The van der Waals surface area contributed by atoms with Crippen LogP contribution in [-0.2, 0) is 11.3 Å². The normalized spacial score (nSPS) is 23.2. The molecule has 1 aliphatic heterocycles. The molecule has 1 unspecified atom stereocenters. The standard InChI is InChI=1S/C14H16BrF2NO2/c1-2-14(13(19)20)5-6-18(8-14)7-9-11(16)4-3-10(15)12(9)17/h3-4H,2,5-8H2,1H3,(H,19,20). The van der Waals surface area contributed by atoms with Gasteiger partial charge in [0.2, 0.25) is 0 Å². The fraction of sp³-hybridized carbons (Fsp3) is 0.500. The monoisotopic (exact) mass is 347 g/mol. The molecule has 1 aliphatic rings. The van der Waals surface area contributed by atoms with E-state index in [0.29, 0.717) is 25.9 Å². The van der Waals surface area contributed by atoms with E-state index in [1.165, 1.54) is 12.1 Å². The summed E-state index contributed by atoms with van der Waals surface area (Å²) in [6.45, 7) is 2.78. The Kier molecular flexibility index (Phi) is 4.44. The molecule has 3 nitrogen and oxygen atoms in total. The molecule has 20 heavy (non-hydrogen) atoms. The largest absolute Gasteiger partial charge is 0.481 e. The Morgan fingerprint density at radius 2 is 2.20 bits per heavy atom. The number of aliphatic carboxylic acids is 1. The minimum atomic E-state index is -0.835. The molecule has 0 saturated carbocycles. The smallest absolute Gasteiger partial charge is 0.310 e. The summed E-state index contributed by atoms with van der Waals surface area (Å²) in [5.41, 5.74) is -0.810. The number of benzene rings is 1. The zero-order chi connectivity index (χ0) is 14.9. The van der Waals surface area contributed by atoms with Crippen LogP contribution in [0.5, 0.6) is 0 Å². The van der Waals surface area contributed by atoms with Crippen LogP contribution in [0.25, 0.3) is 0 Å². The number of carbonyl (C=O) groups is 1. The van der Waals surface area contributed by atoms with Gasteiger partial charge in [0.1, 0.15) is 11.6 Å². The first kappa shape index (κ1) is 15.4. The Morgan fingerprint density at radius 1 is 1.50 bits per heavy atom. The van der Waals surface area contributed by atoms with Crippen LogP contribution in [0.15, 0.2) is 16.6 Å². The van der Waals surface area contributed by atoms with Crippen molar-refractivity contribution >= 4 is 21.9 Å². The molecule has 0 aromatic heterocycles. The third-order valence-corrected chi connectivity index (χ3v) is 4.70. The first-order chi connectivity index (χ1) is 9.39. The lowest BCUT2D eigenvalue weighted by atomic mass is 9.84. The highest BCUT2D eigenvalue weighted by Gasteiger charge is 2.43. The van der Waals surface area contributed by atoms with E-state index in [1.54, 1.807) is 4.90 Å². The third kappa shape index (κ3) is 2.72. The molecule has 0 amide bonds. The molecule has 2 rings (SSSR count). The van der Waals surface area contributed by atoms with Crippen molar-refractivity contribution in [2.24, 2.45) is 5.41 Å². The first-order valence-corrected chi connectivity index (χ1v) is 7.27. The second kappa shape index (κ2) is 5.77. The maximum absolute atomic E-state index is 13.9. The van der Waals surface area contributed by atoms with Gasteiger partial charge in [-0.2, -0.15) is 0 Å². The summed E-state index contributed by atoms with van der Waals surface area (Å²) in [7, 11) is 0. The van der Waals surface area contributed by atoms with Gasteiger partial charge in [-0.15, -0.1) is 0 Å². The van der Waals surface area contributed by atoms with Gasteiger partial charge in [-0.3, -0.25) is 9.69 Å². The quantitative estimate of drug-likeness (QED) is 0.848.